The van der Waals surface area contributed by atoms with Gasteiger partial charge in [0.15, 0.2) is 0 Å². The zero-order valence-electron chi connectivity index (χ0n) is 12.1. The number of allylic oxidation sites excluding steroid dienone is 1. The lowest BCUT2D eigenvalue weighted by Gasteiger charge is -2.24. The monoisotopic (exact) mass is 292 g/mol. The minimum Gasteiger partial charge on any atom is -0.356 e. The minimum absolute atomic E-state index is 0.462. The lowest BCUT2D eigenvalue weighted by molar-refractivity contribution is 0.344. The largest absolute Gasteiger partial charge is 0.356 e. The highest BCUT2D eigenvalue weighted by molar-refractivity contribution is 7.25. The van der Waals surface area contributed by atoms with E-state index in [9.17, 15) is 0 Å². The number of benzene rings is 2. The molecule has 0 N–H and O–H groups in total. The Balaban J connectivity index is 1.85. The van der Waals surface area contributed by atoms with Gasteiger partial charge in [0.1, 0.15) is 6.17 Å². The van der Waals surface area contributed by atoms with Gasteiger partial charge in [-0.1, -0.05) is 18.2 Å². The molecule has 1 atom stereocenters. The van der Waals surface area contributed by atoms with Crippen molar-refractivity contribution in [2.75, 3.05) is 11.9 Å². The van der Waals surface area contributed by atoms with Gasteiger partial charge in [0.2, 0.25) is 0 Å². The Morgan fingerprint density at radius 3 is 2.86 bits per heavy atom. The summed E-state index contributed by atoms with van der Waals surface area (Å²) in [6, 6.07) is 13.4. The number of hydrogen-bond donors (Lipinski definition) is 0. The second-order valence-electron chi connectivity index (χ2n) is 6.01. The molecular formula is C18H16N2S. The number of anilines is 1. The van der Waals surface area contributed by atoms with Crippen LogP contribution in [0.2, 0.25) is 0 Å². The summed E-state index contributed by atoms with van der Waals surface area (Å²) in [5, 5.41) is 2.89. The van der Waals surface area contributed by atoms with Crippen molar-refractivity contribution in [3.05, 3.63) is 53.9 Å². The SMILES string of the molecule is CC1=CN2c3ccc4sc5ccccc5c4c3CC2N1C. The van der Waals surface area contributed by atoms with E-state index in [4.69, 9.17) is 0 Å². The standard InChI is InChI=1S/C18H16N2S/c1-11-10-20-14-7-8-16-18(13(14)9-17(20)19(11)2)12-5-3-4-6-15(12)21-16/h3-8,10,17H,9H2,1-2H3. The van der Waals surface area contributed by atoms with Crippen molar-refractivity contribution in [2.45, 2.75) is 19.5 Å². The van der Waals surface area contributed by atoms with Crippen LogP contribution in [0.4, 0.5) is 5.69 Å². The highest BCUT2D eigenvalue weighted by Crippen LogP contribution is 2.46. The van der Waals surface area contributed by atoms with Gasteiger partial charge in [-0.15, -0.1) is 11.3 Å². The van der Waals surface area contributed by atoms with E-state index in [1.54, 1.807) is 0 Å². The number of fused-ring (bicyclic) bond motifs is 7. The van der Waals surface area contributed by atoms with Gasteiger partial charge in [-0.2, -0.15) is 0 Å². The molecule has 21 heavy (non-hydrogen) atoms. The van der Waals surface area contributed by atoms with Crippen LogP contribution in [0.3, 0.4) is 0 Å². The molecule has 2 aliphatic rings. The summed E-state index contributed by atoms with van der Waals surface area (Å²) in [5.74, 6) is 0. The first-order valence-electron chi connectivity index (χ1n) is 7.37. The normalized spacial score (nSPS) is 20.3. The third-order valence-electron chi connectivity index (χ3n) is 4.94. The Hall–Kier alpha value is -2.00. The molecule has 0 saturated heterocycles. The van der Waals surface area contributed by atoms with Crippen LogP contribution in [0.5, 0.6) is 0 Å². The molecule has 0 amide bonds. The maximum absolute atomic E-state index is 2.44. The van der Waals surface area contributed by atoms with Gasteiger partial charge < -0.3 is 9.80 Å². The van der Waals surface area contributed by atoms with Crippen LogP contribution in [-0.4, -0.2) is 18.1 Å². The van der Waals surface area contributed by atoms with Crippen LogP contribution in [0.25, 0.3) is 20.2 Å². The van der Waals surface area contributed by atoms with Gasteiger partial charge >= 0.3 is 0 Å². The summed E-state index contributed by atoms with van der Waals surface area (Å²) in [7, 11) is 2.20. The van der Waals surface area contributed by atoms with Gasteiger partial charge in [0, 0.05) is 51.2 Å². The molecule has 0 fully saturated rings. The fraction of sp³-hybridized carbons (Fsp3) is 0.222. The Morgan fingerprint density at radius 1 is 1.10 bits per heavy atom. The van der Waals surface area contributed by atoms with E-state index in [-0.39, 0.29) is 0 Å². The molecule has 0 saturated carbocycles. The van der Waals surface area contributed by atoms with Crippen molar-refractivity contribution in [1.82, 2.24) is 4.90 Å². The van der Waals surface area contributed by atoms with E-state index in [1.165, 1.54) is 37.1 Å². The molecule has 1 aromatic heterocycles. The second kappa shape index (κ2) is 3.80. The van der Waals surface area contributed by atoms with E-state index < -0.39 is 0 Å². The molecule has 104 valence electrons. The fourth-order valence-corrected chi connectivity index (χ4v) is 4.91. The third kappa shape index (κ3) is 1.37. The van der Waals surface area contributed by atoms with Gasteiger partial charge in [0.05, 0.1) is 0 Å². The number of hydrogen-bond acceptors (Lipinski definition) is 3. The molecule has 0 radical (unpaired) electrons. The summed E-state index contributed by atoms with van der Waals surface area (Å²) < 4.78 is 2.81. The summed E-state index contributed by atoms with van der Waals surface area (Å²) in [6.45, 7) is 2.19. The molecule has 0 bridgehead atoms. The summed E-state index contributed by atoms with van der Waals surface area (Å²) in [5.41, 5.74) is 4.26. The summed E-state index contributed by atoms with van der Waals surface area (Å²) in [4.78, 5) is 4.83. The van der Waals surface area contributed by atoms with E-state index in [0.717, 1.165) is 6.42 Å². The molecule has 0 aliphatic carbocycles. The second-order valence-corrected chi connectivity index (χ2v) is 7.09. The molecule has 1 unspecified atom stereocenters. The van der Waals surface area contributed by atoms with Crippen molar-refractivity contribution in [2.24, 2.45) is 0 Å². The Labute approximate surface area is 127 Å². The summed E-state index contributed by atoms with van der Waals surface area (Å²) >= 11 is 1.91. The molecule has 2 aliphatic heterocycles. The van der Waals surface area contributed by atoms with Gasteiger partial charge in [-0.05, 0) is 30.7 Å². The van der Waals surface area contributed by atoms with Crippen molar-refractivity contribution in [3.8, 4) is 0 Å². The molecule has 2 nitrogen and oxygen atoms in total. The van der Waals surface area contributed by atoms with Crippen molar-refractivity contribution < 1.29 is 0 Å². The molecule has 3 heterocycles. The fourth-order valence-electron chi connectivity index (χ4n) is 3.77. The molecule has 5 rings (SSSR count). The van der Waals surface area contributed by atoms with E-state index >= 15 is 0 Å². The number of likely N-dealkylation sites (N-methyl/N-ethyl adjacent to an activating group) is 1. The van der Waals surface area contributed by atoms with Crippen LogP contribution in [0, 0.1) is 0 Å². The van der Waals surface area contributed by atoms with Crippen LogP contribution in [0.15, 0.2) is 48.3 Å². The van der Waals surface area contributed by atoms with Crippen LogP contribution in [0.1, 0.15) is 12.5 Å². The smallest absolute Gasteiger partial charge is 0.109 e. The Kier molecular flexibility index (Phi) is 2.11. The Morgan fingerprint density at radius 2 is 1.95 bits per heavy atom. The maximum atomic E-state index is 2.44. The predicted octanol–water partition coefficient (Wildman–Crippen LogP) is 4.55. The highest BCUT2D eigenvalue weighted by atomic mass is 32.1. The highest BCUT2D eigenvalue weighted by Gasteiger charge is 2.36. The lowest BCUT2D eigenvalue weighted by Crippen LogP contribution is -2.34. The number of nitrogens with zero attached hydrogens (tertiary/aromatic N) is 2. The van der Waals surface area contributed by atoms with Gasteiger partial charge in [0.25, 0.3) is 0 Å². The van der Waals surface area contributed by atoms with Crippen LogP contribution < -0.4 is 4.90 Å². The quantitative estimate of drug-likeness (QED) is 0.600. The van der Waals surface area contributed by atoms with Gasteiger partial charge in [-0.25, -0.2) is 0 Å². The zero-order valence-corrected chi connectivity index (χ0v) is 12.9. The average molecular weight is 292 g/mol. The maximum Gasteiger partial charge on any atom is 0.109 e. The number of rotatable bonds is 0. The third-order valence-corrected chi connectivity index (χ3v) is 6.08. The first-order valence-corrected chi connectivity index (χ1v) is 8.18. The molecule has 3 heteroatoms. The number of thiophene rings is 1. The van der Waals surface area contributed by atoms with E-state index in [0.29, 0.717) is 6.17 Å². The minimum atomic E-state index is 0.462. The van der Waals surface area contributed by atoms with E-state index in [2.05, 4.69) is 66.4 Å². The van der Waals surface area contributed by atoms with Crippen molar-refractivity contribution in [3.63, 3.8) is 0 Å². The van der Waals surface area contributed by atoms with Crippen LogP contribution >= 0.6 is 11.3 Å². The average Bonchev–Trinajstić information content (AvgIpc) is 3.11. The first-order chi connectivity index (χ1) is 10.2. The first kappa shape index (κ1) is 11.6. The topological polar surface area (TPSA) is 6.48 Å². The van der Waals surface area contributed by atoms with Crippen LogP contribution in [-0.2, 0) is 6.42 Å². The molecular weight excluding hydrogens is 276 g/mol. The molecule has 0 spiro atoms. The van der Waals surface area contributed by atoms with Crippen molar-refractivity contribution in [1.29, 1.82) is 0 Å². The van der Waals surface area contributed by atoms with Crippen molar-refractivity contribution >= 4 is 37.2 Å². The summed E-state index contributed by atoms with van der Waals surface area (Å²) in [6.07, 6.45) is 3.86. The predicted molar refractivity (Wildman–Crippen MR) is 90.8 cm³/mol. The van der Waals surface area contributed by atoms with Gasteiger partial charge in [-0.3, -0.25) is 0 Å². The molecule has 2 aromatic carbocycles. The van der Waals surface area contributed by atoms with E-state index in [1.807, 2.05) is 11.3 Å². The lowest BCUT2D eigenvalue weighted by atomic mass is 10.0. The Bertz CT molecular complexity index is 922. The zero-order chi connectivity index (χ0) is 14.1. The molecule has 3 aromatic rings.